The Hall–Kier alpha value is -0.366. The second-order valence-electron chi connectivity index (χ2n) is 2.63. The first-order valence-corrected chi connectivity index (χ1v) is 3.93. The van der Waals surface area contributed by atoms with E-state index in [9.17, 15) is 0 Å². The molecule has 4 heteroatoms. The minimum absolute atomic E-state index is 0. The van der Waals surface area contributed by atoms with Crippen LogP contribution in [-0.2, 0) is 39.1 Å². The van der Waals surface area contributed by atoms with Crippen molar-refractivity contribution < 1.29 is 32.7 Å². The first-order chi connectivity index (χ1) is 5.79. The van der Waals surface area contributed by atoms with Gasteiger partial charge in [0, 0.05) is 43.3 Å². The minimum Gasteiger partial charge on any atom is -0.358 e. The third-order valence-electron chi connectivity index (χ3n) is 1.85. The molecule has 1 rings (SSSR count). The van der Waals surface area contributed by atoms with Crippen LogP contribution in [0.2, 0.25) is 0 Å². The van der Waals surface area contributed by atoms with Gasteiger partial charge in [0.1, 0.15) is 0 Å². The quantitative estimate of drug-likeness (QED) is 0.336. The SMILES string of the molecule is CCc1cccc(C)c1N=[N+]=[N-].[CH3-].[Y]. The minimum atomic E-state index is 0. The fourth-order valence-corrected chi connectivity index (χ4v) is 1.19. The van der Waals surface area contributed by atoms with Crippen molar-refractivity contribution in [3.63, 3.8) is 0 Å². The Morgan fingerprint density at radius 2 is 2.07 bits per heavy atom. The van der Waals surface area contributed by atoms with Gasteiger partial charge < -0.3 is 7.43 Å². The molecule has 0 saturated carbocycles. The topological polar surface area (TPSA) is 48.8 Å². The molecular weight excluding hydrogens is 251 g/mol. The Morgan fingerprint density at radius 1 is 1.43 bits per heavy atom. The van der Waals surface area contributed by atoms with Gasteiger partial charge in [-0.1, -0.05) is 30.2 Å². The average molecular weight is 265 g/mol. The van der Waals surface area contributed by atoms with E-state index in [0.717, 1.165) is 23.2 Å². The number of benzene rings is 1. The smallest absolute Gasteiger partial charge is 0.0436 e. The molecule has 0 unspecified atom stereocenters. The van der Waals surface area contributed by atoms with E-state index in [1.807, 2.05) is 32.0 Å². The molecule has 3 nitrogen and oxygen atoms in total. The van der Waals surface area contributed by atoms with E-state index in [2.05, 4.69) is 10.0 Å². The molecule has 0 aliphatic carbocycles. The molecule has 73 valence electrons. The number of azide groups is 1. The van der Waals surface area contributed by atoms with E-state index < -0.39 is 0 Å². The molecule has 1 aromatic rings. The van der Waals surface area contributed by atoms with Crippen LogP contribution in [0, 0.1) is 14.4 Å². The molecule has 1 radical (unpaired) electrons. The molecular formula is C10H14N3Y-. The number of nitrogens with zero attached hydrogens (tertiary/aromatic N) is 3. The van der Waals surface area contributed by atoms with Crippen molar-refractivity contribution in [1.82, 2.24) is 0 Å². The van der Waals surface area contributed by atoms with E-state index in [4.69, 9.17) is 5.53 Å². The van der Waals surface area contributed by atoms with Crippen molar-refractivity contribution in [2.45, 2.75) is 20.3 Å². The van der Waals surface area contributed by atoms with Crippen molar-refractivity contribution in [2.75, 3.05) is 0 Å². The van der Waals surface area contributed by atoms with Crippen LogP contribution in [-0.4, -0.2) is 0 Å². The fraction of sp³-hybridized carbons (Fsp3) is 0.300. The van der Waals surface area contributed by atoms with Gasteiger partial charge >= 0.3 is 0 Å². The Bertz CT molecular complexity index is 330. The summed E-state index contributed by atoms with van der Waals surface area (Å²) >= 11 is 0. The van der Waals surface area contributed by atoms with Crippen molar-refractivity contribution in [2.24, 2.45) is 5.11 Å². The van der Waals surface area contributed by atoms with Gasteiger partial charge in [-0.25, -0.2) is 0 Å². The van der Waals surface area contributed by atoms with Crippen LogP contribution in [0.1, 0.15) is 18.1 Å². The van der Waals surface area contributed by atoms with Gasteiger partial charge in [-0.15, -0.1) is 0 Å². The molecule has 0 N–H and O–H groups in total. The molecule has 0 bridgehead atoms. The predicted molar refractivity (Wildman–Crippen MR) is 55.8 cm³/mol. The summed E-state index contributed by atoms with van der Waals surface area (Å²) in [4.78, 5) is 2.80. The molecule has 1 aromatic carbocycles. The molecule has 0 aliphatic heterocycles. The van der Waals surface area contributed by atoms with E-state index >= 15 is 0 Å². The van der Waals surface area contributed by atoms with E-state index in [-0.39, 0.29) is 40.1 Å². The van der Waals surface area contributed by atoms with Gasteiger partial charge in [0.15, 0.2) is 0 Å². The molecule has 0 atom stereocenters. The Labute approximate surface area is 110 Å². The zero-order valence-corrected chi connectivity index (χ0v) is 11.7. The number of aryl methyl sites for hydroxylation is 2. The molecule has 0 heterocycles. The number of rotatable bonds is 2. The second-order valence-corrected chi connectivity index (χ2v) is 2.63. The summed E-state index contributed by atoms with van der Waals surface area (Å²) in [6, 6.07) is 5.91. The van der Waals surface area contributed by atoms with Crippen LogP contribution in [0.4, 0.5) is 5.69 Å². The Morgan fingerprint density at radius 3 is 2.57 bits per heavy atom. The van der Waals surface area contributed by atoms with Crippen molar-refractivity contribution in [3.05, 3.63) is 47.2 Å². The third-order valence-corrected chi connectivity index (χ3v) is 1.85. The number of hydrogen-bond donors (Lipinski definition) is 0. The van der Waals surface area contributed by atoms with E-state index in [1.54, 1.807) is 0 Å². The monoisotopic (exact) mass is 265 g/mol. The van der Waals surface area contributed by atoms with Gasteiger partial charge in [0.2, 0.25) is 0 Å². The average Bonchev–Trinajstić information content (AvgIpc) is 2.09. The predicted octanol–water partition coefficient (Wildman–Crippen LogP) is 3.95. The zero-order valence-electron chi connectivity index (χ0n) is 8.86. The van der Waals surface area contributed by atoms with E-state index in [1.165, 1.54) is 0 Å². The maximum Gasteiger partial charge on any atom is 0.0436 e. The van der Waals surface area contributed by atoms with Gasteiger partial charge in [-0.3, -0.25) is 0 Å². The maximum absolute atomic E-state index is 8.32. The van der Waals surface area contributed by atoms with Gasteiger partial charge in [0.05, 0.1) is 0 Å². The van der Waals surface area contributed by atoms with Gasteiger partial charge in [0.25, 0.3) is 0 Å². The standard InChI is InChI=1S/C9H11N3.CH3.Y/c1-3-8-6-4-5-7(2)9(8)11-12-10;;/h4-6H,3H2,1-2H3;1H3;/q;-1;. The van der Waals surface area contributed by atoms with Crippen LogP contribution in [0.3, 0.4) is 0 Å². The summed E-state index contributed by atoms with van der Waals surface area (Å²) < 4.78 is 0. The first-order valence-electron chi connectivity index (χ1n) is 3.93. The molecule has 0 amide bonds. The molecule has 0 aromatic heterocycles. The fourth-order valence-electron chi connectivity index (χ4n) is 1.19. The summed E-state index contributed by atoms with van der Waals surface area (Å²) in [5.41, 5.74) is 11.2. The van der Waals surface area contributed by atoms with Crippen molar-refractivity contribution in [3.8, 4) is 0 Å². The molecule has 0 aliphatic rings. The third kappa shape index (κ3) is 3.79. The van der Waals surface area contributed by atoms with Gasteiger partial charge in [-0.05, 0) is 30.0 Å². The molecule has 0 fully saturated rings. The first kappa shape index (κ1) is 16.1. The number of hydrogen-bond acceptors (Lipinski definition) is 1. The molecule has 14 heavy (non-hydrogen) atoms. The summed E-state index contributed by atoms with van der Waals surface area (Å²) in [5.74, 6) is 0. The molecule has 0 saturated heterocycles. The summed E-state index contributed by atoms with van der Waals surface area (Å²) in [7, 11) is 0. The normalized spacial score (nSPS) is 7.86. The zero-order chi connectivity index (χ0) is 8.97. The maximum atomic E-state index is 8.32. The second kappa shape index (κ2) is 7.98. The van der Waals surface area contributed by atoms with Crippen LogP contribution < -0.4 is 0 Å². The largest absolute Gasteiger partial charge is 0.358 e. The Balaban J connectivity index is 0. The Kier molecular flexibility index (Phi) is 9.17. The summed E-state index contributed by atoms with van der Waals surface area (Å²) in [6.07, 6.45) is 0.899. The summed E-state index contributed by atoms with van der Waals surface area (Å²) in [6.45, 7) is 3.99. The van der Waals surface area contributed by atoms with Crippen LogP contribution in [0.5, 0.6) is 0 Å². The van der Waals surface area contributed by atoms with Crippen molar-refractivity contribution >= 4 is 5.69 Å². The molecule has 0 spiro atoms. The van der Waals surface area contributed by atoms with Crippen molar-refractivity contribution in [1.29, 1.82) is 0 Å². The van der Waals surface area contributed by atoms with E-state index in [0.29, 0.717) is 0 Å². The van der Waals surface area contributed by atoms with Crippen LogP contribution in [0.25, 0.3) is 10.4 Å². The van der Waals surface area contributed by atoms with Gasteiger partial charge in [-0.2, -0.15) is 0 Å². The summed E-state index contributed by atoms with van der Waals surface area (Å²) in [5, 5.41) is 3.66. The van der Waals surface area contributed by atoms with Crippen LogP contribution >= 0.6 is 0 Å². The van der Waals surface area contributed by atoms with Crippen LogP contribution in [0.15, 0.2) is 23.3 Å².